The molecule has 0 aliphatic carbocycles. The zero-order valence-electron chi connectivity index (χ0n) is 8.92. The van der Waals surface area contributed by atoms with Crippen molar-refractivity contribution < 1.29 is 19.8 Å². The minimum Gasteiger partial charge on any atom is -0.478 e. The molecule has 0 aromatic heterocycles. The first-order valence-corrected chi connectivity index (χ1v) is 4.42. The van der Waals surface area contributed by atoms with Crippen molar-refractivity contribution in [2.75, 3.05) is 0 Å². The third-order valence-corrected chi connectivity index (χ3v) is 1.88. The van der Waals surface area contributed by atoms with Gasteiger partial charge < -0.3 is 10.2 Å². The SMILES string of the molecule is CCC(C(=O)O)=C(C(=O)O)C(C)(C)C. The molecule has 0 fully saturated rings. The van der Waals surface area contributed by atoms with Crippen molar-refractivity contribution in [1.29, 1.82) is 0 Å². The molecule has 4 heteroatoms. The van der Waals surface area contributed by atoms with Gasteiger partial charge in [-0.1, -0.05) is 27.7 Å². The van der Waals surface area contributed by atoms with Crippen molar-refractivity contribution in [2.45, 2.75) is 34.1 Å². The van der Waals surface area contributed by atoms with E-state index in [1.807, 2.05) is 0 Å². The summed E-state index contributed by atoms with van der Waals surface area (Å²) in [6, 6.07) is 0. The molecule has 2 N–H and O–H groups in total. The topological polar surface area (TPSA) is 74.6 Å². The molecule has 4 nitrogen and oxygen atoms in total. The quantitative estimate of drug-likeness (QED) is 0.682. The second-order valence-corrected chi connectivity index (χ2v) is 4.07. The van der Waals surface area contributed by atoms with Gasteiger partial charge in [0.1, 0.15) is 0 Å². The van der Waals surface area contributed by atoms with Crippen LogP contribution >= 0.6 is 0 Å². The average molecular weight is 200 g/mol. The summed E-state index contributed by atoms with van der Waals surface area (Å²) in [4.78, 5) is 21.7. The largest absolute Gasteiger partial charge is 0.478 e. The molecule has 14 heavy (non-hydrogen) atoms. The van der Waals surface area contributed by atoms with Crippen molar-refractivity contribution in [2.24, 2.45) is 5.41 Å². The van der Waals surface area contributed by atoms with Gasteiger partial charge in [-0.3, -0.25) is 0 Å². The average Bonchev–Trinajstić information content (AvgIpc) is 1.95. The number of carboxylic acid groups (broad SMARTS) is 2. The Hall–Kier alpha value is -1.32. The van der Waals surface area contributed by atoms with Gasteiger partial charge in [-0.25, -0.2) is 9.59 Å². The zero-order chi connectivity index (χ0) is 11.5. The highest BCUT2D eigenvalue weighted by atomic mass is 16.4. The molecule has 0 rings (SSSR count). The number of carboxylic acids is 2. The van der Waals surface area contributed by atoms with E-state index >= 15 is 0 Å². The lowest BCUT2D eigenvalue weighted by molar-refractivity contribution is -0.136. The molecule has 0 heterocycles. The Kier molecular flexibility index (Phi) is 3.86. The molecule has 0 aromatic rings. The molecule has 0 bridgehead atoms. The van der Waals surface area contributed by atoms with Gasteiger partial charge in [0.05, 0.1) is 5.57 Å². The Morgan fingerprint density at radius 1 is 1.07 bits per heavy atom. The Labute approximate surface area is 83.2 Å². The van der Waals surface area contributed by atoms with Crippen LogP contribution in [0.3, 0.4) is 0 Å². The first-order chi connectivity index (χ1) is 6.21. The molecule has 80 valence electrons. The van der Waals surface area contributed by atoms with Gasteiger partial charge >= 0.3 is 11.9 Å². The Bertz CT molecular complexity index is 281. The van der Waals surface area contributed by atoms with Crippen LogP contribution in [0.2, 0.25) is 0 Å². The van der Waals surface area contributed by atoms with Gasteiger partial charge in [0, 0.05) is 5.57 Å². The zero-order valence-corrected chi connectivity index (χ0v) is 8.92. The molecule has 0 aromatic carbocycles. The Morgan fingerprint density at radius 3 is 1.57 bits per heavy atom. The minimum absolute atomic E-state index is 0.0208. The normalized spacial score (nSPS) is 13.4. The van der Waals surface area contributed by atoms with Crippen molar-refractivity contribution in [3.8, 4) is 0 Å². The summed E-state index contributed by atoms with van der Waals surface area (Å²) in [5, 5.41) is 17.8. The fraction of sp³-hybridized carbons (Fsp3) is 0.600. The van der Waals surface area contributed by atoms with Gasteiger partial charge in [0.2, 0.25) is 0 Å². The maximum Gasteiger partial charge on any atom is 0.332 e. The maximum absolute atomic E-state index is 10.9. The summed E-state index contributed by atoms with van der Waals surface area (Å²) in [5.41, 5.74) is -0.701. The third-order valence-electron chi connectivity index (χ3n) is 1.88. The van der Waals surface area contributed by atoms with Gasteiger partial charge in [-0.2, -0.15) is 0 Å². The monoisotopic (exact) mass is 200 g/mol. The first-order valence-electron chi connectivity index (χ1n) is 4.42. The van der Waals surface area contributed by atoms with Crippen molar-refractivity contribution in [3.63, 3.8) is 0 Å². The summed E-state index contributed by atoms with van der Waals surface area (Å²) < 4.78 is 0. The lowest BCUT2D eigenvalue weighted by Crippen LogP contribution is -2.22. The summed E-state index contributed by atoms with van der Waals surface area (Å²) in [5.74, 6) is -2.31. The highest BCUT2D eigenvalue weighted by molar-refractivity contribution is 5.99. The summed E-state index contributed by atoms with van der Waals surface area (Å²) in [7, 11) is 0. The fourth-order valence-corrected chi connectivity index (χ4v) is 1.34. The lowest BCUT2D eigenvalue weighted by Gasteiger charge is -2.21. The van der Waals surface area contributed by atoms with Crippen molar-refractivity contribution in [3.05, 3.63) is 11.1 Å². The number of carbonyl (C=O) groups is 2. The van der Waals surface area contributed by atoms with E-state index in [2.05, 4.69) is 0 Å². The minimum atomic E-state index is -1.16. The van der Waals surface area contributed by atoms with Crippen LogP contribution in [0.1, 0.15) is 34.1 Å². The van der Waals surface area contributed by atoms with Crippen LogP contribution in [0.15, 0.2) is 11.1 Å². The number of rotatable bonds is 3. The molecular formula is C10H16O4. The standard InChI is InChI=1S/C10H16O4/c1-5-6(8(11)12)7(9(13)14)10(2,3)4/h5H2,1-4H3,(H,11,12)(H,13,14). The van der Waals surface area contributed by atoms with E-state index in [1.54, 1.807) is 27.7 Å². The molecular weight excluding hydrogens is 184 g/mol. The van der Waals surface area contributed by atoms with Crippen molar-refractivity contribution in [1.82, 2.24) is 0 Å². The van der Waals surface area contributed by atoms with Crippen LogP contribution in [-0.4, -0.2) is 22.2 Å². The van der Waals surface area contributed by atoms with Crippen LogP contribution in [0.25, 0.3) is 0 Å². The van der Waals surface area contributed by atoms with E-state index in [0.717, 1.165) is 0 Å². The van der Waals surface area contributed by atoms with Crippen LogP contribution in [-0.2, 0) is 9.59 Å². The van der Waals surface area contributed by atoms with Gasteiger partial charge in [-0.15, -0.1) is 0 Å². The van der Waals surface area contributed by atoms with Crippen LogP contribution in [0.5, 0.6) is 0 Å². The first kappa shape index (κ1) is 12.7. The molecule has 0 aliphatic rings. The predicted octanol–water partition coefficient (Wildman–Crippen LogP) is 1.91. The number of aliphatic carboxylic acids is 2. The molecule has 0 saturated heterocycles. The van der Waals surface area contributed by atoms with E-state index in [0.29, 0.717) is 0 Å². The highest BCUT2D eigenvalue weighted by Gasteiger charge is 2.29. The number of hydrogen-bond donors (Lipinski definition) is 2. The Morgan fingerprint density at radius 2 is 1.50 bits per heavy atom. The predicted molar refractivity (Wildman–Crippen MR) is 52.0 cm³/mol. The van der Waals surface area contributed by atoms with E-state index < -0.39 is 17.4 Å². The van der Waals surface area contributed by atoms with Crippen LogP contribution < -0.4 is 0 Å². The summed E-state index contributed by atoms with van der Waals surface area (Å²) >= 11 is 0. The van der Waals surface area contributed by atoms with E-state index in [9.17, 15) is 9.59 Å². The summed E-state index contributed by atoms with van der Waals surface area (Å²) in [6.45, 7) is 6.71. The van der Waals surface area contributed by atoms with Crippen molar-refractivity contribution >= 4 is 11.9 Å². The van der Waals surface area contributed by atoms with E-state index in [-0.39, 0.29) is 17.6 Å². The molecule has 0 spiro atoms. The fourth-order valence-electron chi connectivity index (χ4n) is 1.34. The highest BCUT2D eigenvalue weighted by Crippen LogP contribution is 2.29. The smallest absolute Gasteiger partial charge is 0.332 e. The van der Waals surface area contributed by atoms with Crippen LogP contribution in [0, 0.1) is 5.41 Å². The molecule has 0 radical (unpaired) electrons. The third kappa shape index (κ3) is 2.87. The van der Waals surface area contributed by atoms with Gasteiger partial charge in [0.25, 0.3) is 0 Å². The molecule has 0 atom stereocenters. The summed E-state index contributed by atoms with van der Waals surface area (Å²) in [6.07, 6.45) is 0.217. The van der Waals surface area contributed by atoms with E-state index in [1.165, 1.54) is 0 Å². The molecule has 0 saturated carbocycles. The number of hydrogen-bond acceptors (Lipinski definition) is 2. The molecule has 0 unspecified atom stereocenters. The van der Waals surface area contributed by atoms with Gasteiger partial charge in [0.15, 0.2) is 0 Å². The van der Waals surface area contributed by atoms with E-state index in [4.69, 9.17) is 10.2 Å². The maximum atomic E-state index is 10.9. The second-order valence-electron chi connectivity index (χ2n) is 4.07. The Balaban J connectivity index is 5.57. The van der Waals surface area contributed by atoms with Crippen LogP contribution in [0.4, 0.5) is 0 Å². The molecule has 0 amide bonds. The lowest BCUT2D eigenvalue weighted by atomic mass is 9.82. The van der Waals surface area contributed by atoms with Gasteiger partial charge in [-0.05, 0) is 11.8 Å². The second kappa shape index (κ2) is 4.26. The molecule has 0 aliphatic heterocycles.